The molecule has 0 amide bonds. The molecular weight excluding hydrogens is 420 g/mol. The molecule has 1 aliphatic rings. The van der Waals surface area contributed by atoms with Gasteiger partial charge in [0.05, 0.1) is 6.10 Å². The number of aliphatic hydroxyl groups excluding tert-OH is 1. The zero-order chi connectivity index (χ0) is 22.5. The summed E-state index contributed by atoms with van der Waals surface area (Å²) in [5, 5.41) is 11.3. The summed E-state index contributed by atoms with van der Waals surface area (Å²) >= 11 is 6.06. The summed E-state index contributed by atoms with van der Waals surface area (Å²) in [5.74, 6) is 1.84. The van der Waals surface area contributed by atoms with Crippen molar-refractivity contribution in [2.24, 2.45) is 0 Å². The van der Waals surface area contributed by atoms with Crippen LogP contribution < -0.4 is 4.90 Å². The number of aryl methyl sites for hydroxylation is 2. The van der Waals surface area contributed by atoms with E-state index in [-0.39, 0.29) is 6.10 Å². The van der Waals surface area contributed by atoms with Crippen molar-refractivity contribution in [3.8, 4) is 0 Å². The maximum absolute atomic E-state index is 10.6. The van der Waals surface area contributed by atoms with Gasteiger partial charge in [-0.1, -0.05) is 54.1 Å². The summed E-state index contributed by atoms with van der Waals surface area (Å²) in [4.78, 5) is 14.2. The Morgan fingerprint density at radius 2 is 1.59 bits per heavy atom. The predicted molar refractivity (Wildman–Crippen MR) is 131 cm³/mol. The molecule has 1 N–H and O–H groups in total. The summed E-state index contributed by atoms with van der Waals surface area (Å²) in [7, 11) is 0. The van der Waals surface area contributed by atoms with Gasteiger partial charge >= 0.3 is 0 Å². The van der Waals surface area contributed by atoms with E-state index in [1.54, 1.807) is 0 Å². The standard InChI is InChI=1S/C26H31ClN4O/c1-19-25(17-22-8-10-23(27)11-9-22)26(29-20(2)28-19)31-14-12-30(13-15-31)18-24(32)16-21-6-4-3-5-7-21/h3-11,24,32H,12-18H2,1-2H3. The number of aliphatic hydroxyl groups is 1. The van der Waals surface area contributed by atoms with Gasteiger partial charge in [-0.2, -0.15) is 0 Å². The molecule has 4 rings (SSSR count). The topological polar surface area (TPSA) is 52.5 Å². The Morgan fingerprint density at radius 1 is 0.906 bits per heavy atom. The Hall–Kier alpha value is -2.47. The number of benzene rings is 2. The quantitative estimate of drug-likeness (QED) is 0.588. The minimum atomic E-state index is -0.354. The van der Waals surface area contributed by atoms with Gasteiger partial charge in [0, 0.05) is 55.4 Å². The van der Waals surface area contributed by atoms with Gasteiger partial charge in [0.25, 0.3) is 0 Å². The predicted octanol–water partition coefficient (Wildman–Crippen LogP) is 4.06. The van der Waals surface area contributed by atoms with Crippen molar-refractivity contribution in [2.75, 3.05) is 37.6 Å². The van der Waals surface area contributed by atoms with Gasteiger partial charge in [-0.25, -0.2) is 9.97 Å². The molecule has 3 aromatic rings. The lowest BCUT2D eigenvalue weighted by Crippen LogP contribution is -2.49. The first-order valence-electron chi connectivity index (χ1n) is 11.3. The van der Waals surface area contributed by atoms with Crippen LogP contribution in [0.15, 0.2) is 54.6 Å². The highest BCUT2D eigenvalue weighted by Gasteiger charge is 2.23. The number of nitrogens with zero attached hydrogens (tertiary/aromatic N) is 4. The highest BCUT2D eigenvalue weighted by atomic mass is 35.5. The van der Waals surface area contributed by atoms with Crippen LogP contribution in [0.5, 0.6) is 0 Å². The molecule has 0 radical (unpaired) electrons. The summed E-state index contributed by atoms with van der Waals surface area (Å²) in [6, 6.07) is 18.2. The van der Waals surface area contributed by atoms with Crippen molar-refractivity contribution in [3.05, 3.63) is 87.8 Å². The lowest BCUT2D eigenvalue weighted by atomic mass is 10.0. The van der Waals surface area contributed by atoms with Crippen LogP contribution in [0.25, 0.3) is 0 Å². The first-order chi connectivity index (χ1) is 15.5. The van der Waals surface area contributed by atoms with Crippen molar-refractivity contribution in [1.82, 2.24) is 14.9 Å². The van der Waals surface area contributed by atoms with E-state index in [1.165, 1.54) is 16.7 Å². The molecule has 168 valence electrons. The maximum Gasteiger partial charge on any atom is 0.136 e. The smallest absolute Gasteiger partial charge is 0.136 e. The van der Waals surface area contributed by atoms with Crippen LogP contribution >= 0.6 is 11.6 Å². The van der Waals surface area contributed by atoms with E-state index in [1.807, 2.05) is 37.3 Å². The molecule has 1 aromatic heterocycles. The second-order valence-corrected chi connectivity index (χ2v) is 9.03. The summed E-state index contributed by atoms with van der Waals surface area (Å²) < 4.78 is 0. The largest absolute Gasteiger partial charge is 0.391 e. The summed E-state index contributed by atoms with van der Waals surface area (Å²) in [5.41, 5.74) is 4.59. The highest BCUT2D eigenvalue weighted by Crippen LogP contribution is 2.25. The van der Waals surface area contributed by atoms with E-state index < -0.39 is 0 Å². The minimum absolute atomic E-state index is 0.354. The Labute approximate surface area is 195 Å². The molecule has 0 aliphatic carbocycles. The second-order valence-electron chi connectivity index (χ2n) is 8.59. The van der Waals surface area contributed by atoms with Crippen LogP contribution in [0, 0.1) is 13.8 Å². The zero-order valence-electron chi connectivity index (χ0n) is 18.8. The number of hydrogen-bond acceptors (Lipinski definition) is 5. The van der Waals surface area contributed by atoms with Gasteiger partial charge in [-0.3, -0.25) is 4.90 Å². The lowest BCUT2D eigenvalue weighted by Gasteiger charge is -2.37. The van der Waals surface area contributed by atoms with E-state index in [2.05, 4.69) is 46.0 Å². The Bertz CT molecular complexity index is 1020. The van der Waals surface area contributed by atoms with Gasteiger partial charge in [-0.15, -0.1) is 0 Å². The number of β-amino-alcohol motifs (C(OH)–C–C–N with tert-alkyl or cyclic N) is 1. The van der Waals surface area contributed by atoms with E-state index in [0.717, 1.165) is 55.0 Å². The minimum Gasteiger partial charge on any atom is -0.391 e. The van der Waals surface area contributed by atoms with Crippen LogP contribution in [0.2, 0.25) is 5.02 Å². The normalized spacial score (nSPS) is 15.7. The van der Waals surface area contributed by atoms with Crippen LogP contribution in [0.4, 0.5) is 5.82 Å². The Balaban J connectivity index is 1.41. The monoisotopic (exact) mass is 450 g/mol. The van der Waals surface area contributed by atoms with E-state index in [4.69, 9.17) is 16.6 Å². The first-order valence-corrected chi connectivity index (χ1v) is 11.6. The molecule has 1 saturated heterocycles. The van der Waals surface area contributed by atoms with Crippen molar-refractivity contribution in [1.29, 1.82) is 0 Å². The molecule has 1 atom stereocenters. The number of aromatic nitrogens is 2. The average Bonchev–Trinajstić information content (AvgIpc) is 2.78. The Kier molecular flexibility index (Phi) is 7.40. The fourth-order valence-electron chi connectivity index (χ4n) is 4.38. The molecule has 32 heavy (non-hydrogen) atoms. The van der Waals surface area contributed by atoms with E-state index >= 15 is 0 Å². The number of piperazine rings is 1. The van der Waals surface area contributed by atoms with Crippen molar-refractivity contribution < 1.29 is 5.11 Å². The van der Waals surface area contributed by atoms with Crippen LogP contribution in [-0.2, 0) is 12.8 Å². The fraction of sp³-hybridized carbons (Fsp3) is 0.385. The third kappa shape index (κ3) is 5.85. The highest BCUT2D eigenvalue weighted by molar-refractivity contribution is 6.30. The van der Waals surface area contributed by atoms with Gasteiger partial charge in [-0.05, 0) is 43.5 Å². The third-order valence-electron chi connectivity index (χ3n) is 6.05. The van der Waals surface area contributed by atoms with E-state index in [9.17, 15) is 5.11 Å². The SMILES string of the molecule is Cc1nc(C)c(Cc2ccc(Cl)cc2)c(N2CCN(CC(O)Cc3ccccc3)CC2)n1. The first kappa shape index (κ1) is 22.7. The maximum atomic E-state index is 10.6. The number of anilines is 1. The van der Waals surface area contributed by atoms with Gasteiger partial charge < -0.3 is 10.0 Å². The molecule has 1 fully saturated rings. The fourth-order valence-corrected chi connectivity index (χ4v) is 4.51. The zero-order valence-corrected chi connectivity index (χ0v) is 19.6. The van der Waals surface area contributed by atoms with Gasteiger partial charge in [0.15, 0.2) is 0 Å². The molecule has 0 bridgehead atoms. The van der Waals surface area contributed by atoms with Gasteiger partial charge in [0.1, 0.15) is 11.6 Å². The number of rotatable bonds is 7. The van der Waals surface area contributed by atoms with E-state index in [0.29, 0.717) is 13.0 Å². The molecule has 0 saturated carbocycles. The molecule has 0 spiro atoms. The summed E-state index contributed by atoms with van der Waals surface area (Å²) in [6.45, 7) is 8.33. The van der Waals surface area contributed by atoms with Crippen molar-refractivity contribution in [3.63, 3.8) is 0 Å². The molecule has 2 aromatic carbocycles. The van der Waals surface area contributed by atoms with Crippen LogP contribution in [0.1, 0.15) is 28.2 Å². The molecule has 2 heterocycles. The molecule has 6 heteroatoms. The second kappa shape index (κ2) is 10.4. The number of hydrogen-bond donors (Lipinski definition) is 1. The van der Waals surface area contributed by atoms with Crippen molar-refractivity contribution >= 4 is 17.4 Å². The van der Waals surface area contributed by atoms with Crippen molar-refractivity contribution in [2.45, 2.75) is 32.8 Å². The molecule has 1 unspecified atom stereocenters. The van der Waals surface area contributed by atoms with Crippen LogP contribution in [0.3, 0.4) is 0 Å². The molecule has 5 nitrogen and oxygen atoms in total. The Morgan fingerprint density at radius 3 is 2.28 bits per heavy atom. The molecular formula is C26H31ClN4O. The lowest BCUT2D eigenvalue weighted by molar-refractivity contribution is 0.109. The third-order valence-corrected chi connectivity index (χ3v) is 6.30. The van der Waals surface area contributed by atoms with Gasteiger partial charge in [0.2, 0.25) is 0 Å². The number of halogens is 1. The average molecular weight is 451 g/mol. The van der Waals surface area contributed by atoms with Crippen LogP contribution in [-0.4, -0.2) is 58.8 Å². The summed E-state index contributed by atoms with van der Waals surface area (Å²) in [6.07, 6.45) is 1.12. The molecule has 1 aliphatic heterocycles.